The summed E-state index contributed by atoms with van der Waals surface area (Å²) in [7, 11) is 0. The van der Waals surface area contributed by atoms with E-state index in [-0.39, 0.29) is 52.8 Å². The highest BCUT2D eigenvalue weighted by Crippen LogP contribution is 2.56. The minimum atomic E-state index is -3.08. The number of halogens is 4. The molecule has 2 bridgehead atoms. The number of pyridine rings is 1. The van der Waals surface area contributed by atoms with Gasteiger partial charge in [0, 0.05) is 12.5 Å². The molecule has 3 aromatic heterocycles. The molecule has 4 saturated carbocycles. The van der Waals surface area contributed by atoms with E-state index in [4.69, 9.17) is 4.74 Å². The van der Waals surface area contributed by atoms with Crippen LogP contribution in [-0.2, 0) is 9.53 Å². The molecule has 12 heteroatoms. The van der Waals surface area contributed by atoms with E-state index in [1.165, 1.54) is 6.07 Å². The fourth-order valence-electron chi connectivity index (χ4n) is 5.85. The second kappa shape index (κ2) is 8.38. The van der Waals surface area contributed by atoms with Gasteiger partial charge < -0.3 is 10.1 Å². The quantitative estimate of drug-likeness (QED) is 0.374. The lowest BCUT2D eigenvalue weighted by atomic mass is 9.61. The summed E-state index contributed by atoms with van der Waals surface area (Å²) in [5, 5.41) is 10.1. The van der Waals surface area contributed by atoms with Gasteiger partial charge in [0.25, 0.3) is 5.92 Å². The second-order valence-electron chi connectivity index (χ2n) is 9.86. The molecule has 4 aliphatic carbocycles. The highest BCUT2D eigenvalue weighted by atomic mass is 19.3. The molecule has 1 unspecified atom stereocenters. The van der Waals surface area contributed by atoms with Crippen molar-refractivity contribution < 1.29 is 27.1 Å². The summed E-state index contributed by atoms with van der Waals surface area (Å²) in [5.74, 6) is -7.17. The first-order chi connectivity index (χ1) is 17.3. The van der Waals surface area contributed by atoms with Crippen molar-refractivity contribution in [1.82, 2.24) is 25.1 Å². The molecule has 0 aliphatic heterocycles. The zero-order valence-electron chi connectivity index (χ0n) is 19.4. The number of rotatable bonds is 6. The number of carbonyl (C=O) groups is 1. The van der Waals surface area contributed by atoms with Gasteiger partial charge in [0.15, 0.2) is 23.1 Å². The highest BCUT2D eigenvalue weighted by molar-refractivity contribution is 5.88. The lowest BCUT2D eigenvalue weighted by Gasteiger charge is -2.47. The third-order valence-corrected chi connectivity index (χ3v) is 7.71. The predicted octanol–water partition coefficient (Wildman–Crippen LogP) is 4.60. The Morgan fingerprint density at radius 1 is 1.19 bits per heavy atom. The number of H-pyrrole nitrogens is 1. The molecular formula is C24H24F4N6O2. The van der Waals surface area contributed by atoms with Crippen LogP contribution in [0.25, 0.3) is 22.6 Å². The molecular weight excluding hydrogens is 480 g/mol. The average molecular weight is 504 g/mol. The van der Waals surface area contributed by atoms with Crippen LogP contribution in [-0.4, -0.2) is 49.7 Å². The van der Waals surface area contributed by atoms with E-state index >= 15 is 4.39 Å². The van der Waals surface area contributed by atoms with Crippen molar-refractivity contribution in [2.24, 2.45) is 17.8 Å². The number of nitrogens with one attached hydrogen (secondary N) is 2. The summed E-state index contributed by atoms with van der Waals surface area (Å²) in [6, 6.07) is 0.708. The van der Waals surface area contributed by atoms with Crippen LogP contribution in [0.3, 0.4) is 0 Å². The summed E-state index contributed by atoms with van der Waals surface area (Å²) >= 11 is 0. The highest BCUT2D eigenvalue weighted by Gasteiger charge is 2.60. The maximum Gasteiger partial charge on any atom is 0.311 e. The first-order valence-corrected chi connectivity index (χ1v) is 12.1. The standard InChI is InChI=1S/C24H24F4N6O2/c1-2-36-23(35)15-10-3-5-11(6-4-10)17(15)30-21-16(26)19(14-8-24(14,27)28)31-22(32-21)18-13-7-12(25)9-29-20(13)34-33-18/h7,9-11,14-15,17H,2-6,8H2,1H3,(H,29,33,34)(H,30,31,32)/t10?,11?,14?,15-,17-/m0/s1. The number of hydrogen-bond donors (Lipinski definition) is 2. The topological polar surface area (TPSA) is 106 Å². The molecule has 2 N–H and O–H groups in total. The van der Waals surface area contributed by atoms with E-state index in [0.717, 1.165) is 31.9 Å². The normalized spacial score (nSPS) is 28.3. The number of alkyl halides is 2. The summed E-state index contributed by atoms with van der Waals surface area (Å²) < 4.78 is 62.9. The molecule has 0 spiro atoms. The third kappa shape index (κ3) is 3.77. The third-order valence-electron chi connectivity index (χ3n) is 7.71. The summed E-state index contributed by atoms with van der Waals surface area (Å²) in [4.78, 5) is 25.2. The molecule has 8 nitrogen and oxygen atoms in total. The number of nitrogens with zero attached hydrogens (tertiary/aromatic N) is 4. The Kier molecular flexibility index (Phi) is 5.38. The van der Waals surface area contributed by atoms with E-state index in [1.807, 2.05) is 0 Å². The summed E-state index contributed by atoms with van der Waals surface area (Å²) in [5.41, 5.74) is -0.113. The van der Waals surface area contributed by atoms with Crippen molar-refractivity contribution in [3.8, 4) is 11.5 Å². The summed E-state index contributed by atoms with van der Waals surface area (Å²) in [6.07, 6.45) is 3.95. The lowest BCUT2D eigenvalue weighted by Crippen LogP contribution is -2.52. The van der Waals surface area contributed by atoms with Gasteiger partial charge in [-0.3, -0.25) is 9.89 Å². The number of esters is 1. The maximum atomic E-state index is 15.6. The molecule has 0 saturated heterocycles. The van der Waals surface area contributed by atoms with Crippen molar-refractivity contribution >= 4 is 22.8 Å². The van der Waals surface area contributed by atoms with Crippen LogP contribution in [0.2, 0.25) is 0 Å². The lowest BCUT2D eigenvalue weighted by molar-refractivity contribution is -0.154. The van der Waals surface area contributed by atoms with Crippen molar-refractivity contribution in [2.75, 3.05) is 11.9 Å². The monoisotopic (exact) mass is 504 g/mol. The van der Waals surface area contributed by atoms with Gasteiger partial charge in [0.2, 0.25) is 0 Å². The number of aromatic amines is 1. The van der Waals surface area contributed by atoms with Crippen LogP contribution in [0.1, 0.15) is 50.6 Å². The van der Waals surface area contributed by atoms with E-state index in [9.17, 15) is 18.0 Å². The average Bonchev–Trinajstić information content (AvgIpc) is 3.29. The van der Waals surface area contributed by atoms with Gasteiger partial charge in [-0.05, 0) is 50.5 Å². The van der Waals surface area contributed by atoms with Crippen LogP contribution in [0.5, 0.6) is 0 Å². The van der Waals surface area contributed by atoms with Gasteiger partial charge in [-0.25, -0.2) is 32.5 Å². The van der Waals surface area contributed by atoms with E-state index in [1.54, 1.807) is 6.92 Å². The fourth-order valence-corrected chi connectivity index (χ4v) is 5.85. The van der Waals surface area contributed by atoms with E-state index < -0.39 is 47.5 Å². The molecule has 7 rings (SSSR count). The predicted molar refractivity (Wildman–Crippen MR) is 120 cm³/mol. The van der Waals surface area contributed by atoms with Gasteiger partial charge in [-0.1, -0.05) is 0 Å². The zero-order chi connectivity index (χ0) is 25.2. The number of aromatic nitrogens is 5. The maximum absolute atomic E-state index is 15.6. The van der Waals surface area contributed by atoms with Gasteiger partial charge in [-0.2, -0.15) is 5.10 Å². The zero-order valence-corrected chi connectivity index (χ0v) is 19.4. The molecule has 0 radical (unpaired) electrons. The van der Waals surface area contributed by atoms with Gasteiger partial charge in [0.05, 0.1) is 35.7 Å². The first-order valence-electron chi connectivity index (χ1n) is 12.1. The Morgan fingerprint density at radius 3 is 2.61 bits per heavy atom. The molecule has 0 aromatic carbocycles. The van der Waals surface area contributed by atoms with Crippen LogP contribution in [0, 0.1) is 29.4 Å². The molecule has 3 aromatic rings. The van der Waals surface area contributed by atoms with Crippen molar-refractivity contribution in [1.29, 1.82) is 0 Å². The molecule has 36 heavy (non-hydrogen) atoms. The van der Waals surface area contributed by atoms with E-state index in [0.29, 0.717) is 0 Å². The second-order valence-corrected chi connectivity index (χ2v) is 9.86. The van der Waals surface area contributed by atoms with Gasteiger partial charge >= 0.3 is 5.97 Å². The van der Waals surface area contributed by atoms with Crippen LogP contribution < -0.4 is 5.32 Å². The Morgan fingerprint density at radius 2 is 1.92 bits per heavy atom. The Hall–Kier alpha value is -3.31. The van der Waals surface area contributed by atoms with E-state index in [2.05, 4.69) is 30.5 Å². The smallest absolute Gasteiger partial charge is 0.311 e. The van der Waals surface area contributed by atoms with Crippen LogP contribution >= 0.6 is 0 Å². The molecule has 4 fully saturated rings. The van der Waals surface area contributed by atoms with Crippen LogP contribution in [0.4, 0.5) is 23.4 Å². The van der Waals surface area contributed by atoms with Gasteiger partial charge in [0.1, 0.15) is 11.5 Å². The van der Waals surface area contributed by atoms with Crippen molar-refractivity contribution in [2.45, 2.75) is 56.9 Å². The van der Waals surface area contributed by atoms with Crippen molar-refractivity contribution in [3.05, 3.63) is 29.6 Å². The molecule has 0 amide bonds. The van der Waals surface area contributed by atoms with Crippen LogP contribution in [0.15, 0.2) is 12.3 Å². The number of anilines is 1. The minimum absolute atomic E-state index is 0.0670. The first kappa shape index (κ1) is 23.1. The Labute approximate surface area is 203 Å². The molecule has 3 heterocycles. The number of fused-ring (bicyclic) bond motifs is 4. The SMILES string of the molecule is CCOC(=O)[C@H]1C2CCC(CC2)[C@@H]1Nc1nc(-c2n[nH]c3ncc(F)cc23)nc(C2CC2(F)F)c1F. The molecule has 190 valence electrons. The fraction of sp³-hybridized carbons (Fsp3) is 0.542. The Balaban J connectivity index is 1.44. The number of ether oxygens (including phenoxy) is 1. The number of carbonyl (C=O) groups excluding carboxylic acids is 1. The summed E-state index contributed by atoms with van der Waals surface area (Å²) in [6.45, 7) is 1.95. The van der Waals surface area contributed by atoms with Gasteiger partial charge in [-0.15, -0.1) is 0 Å². The largest absolute Gasteiger partial charge is 0.466 e. The minimum Gasteiger partial charge on any atom is -0.466 e. The van der Waals surface area contributed by atoms with Crippen molar-refractivity contribution in [3.63, 3.8) is 0 Å². The Bertz CT molecular complexity index is 1340. The molecule has 3 atom stereocenters. The molecule has 4 aliphatic rings. The number of hydrogen-bond acceptors (Lipinski definition) is 7.